The predicted octanol–water partition coefficient (Wildman–Crippen LogP) is 9.14. The van der Waals surface area contributed by atoms with Crippen LogP contribution in [0.25, 0.3) is 32.3 Å². The van der Waals surface area contributed by atoms with Crippen LogP contribution in [0, 0.1) is 55.4 Å². The van der Waals surface area contributed by atoms with E-state index < -0.39 is 0 Å². The highest BCUT2D eigenvalue weighted by Gasteiger charge is 2.21. The van der Waals surface area contributed by atoms with Gasteiger partial charge >= 0.3 is 0 Å². The molecular weight excluding hydrogens is 472 g/mol. The van der Waals surface area contributed by atoms with Gasteiger partial charge in [0, 0.05) is 8.95 Å². The fourth-order valence-corrected chi connectivity index (χ4v) is 5.80. The lowest BCUT2D eigenvalue weighted by atomic mass is 9.84. The Morgan fingerprint density at radius 2 is 0.750 bits per heavy atom. The van der Waals surface area contributed by atoms with Crippen molar-refractivity contribution in [1.82, 2.24) is 0 Å². The minimum absolute atomic E-state index is 1.22. The molecule has 0 fully saturated rings. The monoisotopic (exact) mass is 496 g/mol. The number of hydrogen-bond donors (Lipinski definition) is 0. The third kappa shape index (κ3) is 2.47. The number of aryl methyl sites for hydroxylation is 6. The summed E-state index contributed by atoms with van der Waals surface area (Å²) in [4.78, 5) is 0. The molecule has 0 saturated heterocycles. The Balaban J connectivity index is 2.51. The van der Waals surface area contributed by atoms with E-state index in [1.807, 2.05) is 0 Å². The first-order valence-electron chi connectivity index (χ1n) is 9.78. The van der Waals surface area contributed by atoms with Crippen LogP contribution in [0.5, 0.6) is 0 Å². The molecular formula is C26H26Br2. The number of benzene rings is 4. The van der Waals surface area contributed by atoms with E-state index in [1.54, 1.807) is 0 Å². The average molecular weight is 498 g/mol. The molecule has 144 valence electrons. The average Bonchev–Trinajstić information content (AvgIpc) is 2.65. The largest absolute Gasteiger partial charge is 0.0500 e. The smallest absolute Gasteiger partial charge is 0.0289 e. The van der Waals surface area contributed by atoms with Gasteiger partial charge in [0.1, 0.15) is 0 Å². The second-order valence-corrected chi connectivity index (χ2v) is 9.95. The summed E-state index contributed by atoms with van der Waals surface area (Å²) in [7, 11) is 0. The van der Waals surface area contributed by atoms with Crippen molar-refractivity contribution in [2.24, 2.45) is 0 Å². The molecule has 0 aliphatic heterocycles. The number of fused-ring (bicyclic) bond motifs is 5. The summed E-state index contributed by atoms with van der Waals surface area (Å²) in [6.07, 6.45) is 0. The van der Waals surface area contributed by atoms with Crippen LogP contribution in [0.2, 0.25) is 0 Å². The van der Waals surface area contributed by atoms with Gasteiger partial charge in [-0.1, -0.05) is 0 Å². The maximum absolute atomic E-state index is 3.97. The van der Waals surface area contributed by atoms with Gasteiger partial charge in [-0.3, -0.25) is 0 Å². The Morgan fingerprint density at radius 1 is 0.429 bits per heavy atom. The van der Waals surface area contributed by atoms with Crippen molar-refractivity contribution in [2.75, 3.05) is 0 Å². The second-order valence-electron chi connectivity index (χ2n) is 8.36. The third-order valence-electron chi connectivity index (χ3n) is 6.95. The lowest BCUT2D eigenvalue weighted by molar-refractivity contribution is 1.29. The first-order chi connectivity index (χ1) is 13.1. The maximum Gasteiger partial charge on any atom is 0.0289 e. The zero-order chi connectivity index (χ0) is 20.7. The molecule has 0 atom stereocenters. The van der Waals surface area contributed by atoms with Crippen LogP contribution in [-0.2, 0) is 0 Å². The van der Waals surface area contributed by atoms with Crippen molar-refractivity contribution < 1.29 is 0 Å². The van der Waals surface area contributed by atoms with Gasteiger partial charge in [0.2, 0.25) is 0 Å². The summed E-state index contributed by atoms with van der Waals surface area (Å²) in [5, 5.41) is 8.19. The molecule has 0 nitrogen and oxygen atoms in total. The second kappa shape index (κ2) is 6.57. The van der Waals surface area contributed by atoms with E-state index in [4.69, 9.17) is 0 Å². The summed E-state index contributed by atoms with van der Waals surface area (Å²) >= 11 is 7.94. The molecule has 0 aliphatic rings. The van der Waals surface area contributed by atoms with E-state index in [0.717, 1.165) is 0 Å². The van der Waals surface area contributed by atoms with Crippen LogP contribution in [0.15, 0.2) is 21.1 Å². The summed E-state index contributed by atoms with van der Waals surface area (Å²) in [5.41, 5.74) is 10.9. The summed E-state index contributed by atoms with van der Waals surface area (Å²) in [6, 6.07) is 4.69. The molecule has 28 heavy (non-hydrogen) atoms. The van der Waals surface area contributed by atoms with E-state index >= 15 is 0 Å². The standard InChI is InChI=1S/C26H26Br2/c1-11-9-19-21(15(5)13(11)3)23-18(8)26(28)20-10-12(2)14(4)16(6)22(20)24(23)17(7)25(19)27/h9-10H,1-8H3. The fraction of sp³-hybridized carbons (Fsp3) is 0.308. The summed E-state index contributed by atoms with van der Waals surface area (Å²) < 4.78 is 2.45. The minimum atomic E-state index is 1.22. The lowest BCUT2D eigenvalue weighted by Crippen LogP contribution is -1.99. The van der Waals surface area contributed by atoms with Crippen molar-refractivity contribution in [3.63, 3.8) is 0 Å². The SMILES string of the molecule is Cc1cc2c(Br)c(C)c3c4c(C)c(C)c(C)cc4c(Br)c(C)c3c2c(C)c1C. The van der Waals surface area contributed by atoms with Gasteiger partial charge in [0.25, 0.3) is 0 Å². The van der Waals surface area contributed by atoms with Gasteiger partial charge in [0.05, 0.1) is 0 Å². The summed E-state index contributed by atoms with van der Waals surface area (Å²) in [5.74, 6) is 0. The van der Waals surface area contributed by atoms with Gasteiger partial charge in [-0.25, -0.2) is 0 Å². The first kappa shape index (κ1) is 19.9. The van der Waals surface area contributed by atoms with Crippen LogP contribution in [0.3, 0.4) is 0 Å². The molecule has 0 bridgehead atoms. The highest BCUT2D eigenvalue weighted by atomic mass is 79.9. The number of rotatable bonds is 0. The first-order valence-corrected chi connectivity index (χ1v) is 11.4. The third-order valence-corrected chi connectivity index (χ3v) is 8.99. The van der Waals surface area contributed by atoms with Crippen molar-refractivity contribution in [3.05, 3.63) is 65.6 Å². The maximum atomic E-state index is 3.97. The molecule has 0 aromatic heterocycles. The van der Waals surface area contributed by atoms with E-state index in [-0.39, 0.29) is 0 Å². The van der Waals surface area contributed by atoms with Crippen molar-refractivity contribution >= 4 is 64.2 Å². The molecule has 0 spiro atoms. The van der Waals surface area contributed by atoms with E-state index in [1.165, 1.54) is 85.8 Å². The predicted molar refractivity (Wildman–Crippen MR) is 132 cm³/mol. The van der Waals surface area contributed by atoms with E-state index in [0.29, 0.717) is 0 Å². The molecule has 0 saturated carbocycles. The van der Waals surface area contributed by atoms with Gasteiger partial charge in [-0.15, -0.1) is 0 Å². The van der Waals surface area contributed by atoms with Crippen LogP contribution < -0.4 is 0 Å². The van der Waals surface area contributed by atoms with Crippen LogP contribution in [0.4, 0.5) is 0 Å². The van der Waals surface area contributed by atoms with Crippen LogP contribution >= 0.6 is 31.9 Å². The van der Waals surface area contributed by atoms with Gasteiger partial charge in [0.15, 0.2) is 0 Å². The van der Waals surface area contributed by atoms with Crippen LogP contribution in [-0.4, -0.2) is 0 Å². The number of hydrogen-bond acceptors (Lipinski definition) is 0. The highest BCUT2D eigenvalue weighted by Crippen LogP contribution is 2.47. The lowest BCUT2D eigenvalue weighted by Gasteiger charge is -2.22. The Labute approximate surface area is 184 Å². The van der Waals surface area contributed by atoms with Gasteiger partial charge in [-0.05, 0) is 176 Å². The Bertz CT molecular complexity index is 1240. The van der Waals surface area contributed by atoms with Crippen LogP contribution in [0.1, 0.15) is 44.5 Å². The summed E-state index contributed by atoms with van der Waals surface area (Å²) in [6.45, 7) is 18.0. The molecule has 0 aliphatic carbocycles. The molecule has 0 radical (unpaired) electrons. The van der Waals surface area contributed by atoms with Gasteiger partial charge < -0.3 is 0 Å². The Morgan fingerprint density at radius 3 is 1.07 bits per heavy atom. The van der Waals surface area contributed by atoms with Crippen molar-refractivity contribution in [1.29, 1.82) is 0 Å². The Hall–Kier alpha value is -1.38. The molecule has 0 unspecified atom stereocenters. The fourth-order valence-electron chi connectivity index (χ4n) is 4.78. The molecule has 4 rings (SSSR count). The van der Waals surface area contributed by atoms with Crippen molar-refractivity contribution in [3.8, 4) is 0 Å². The zero-order valence-electron chi connectivity index (χ0n) is 17.9. The highest BCUT2D eigenvalue weighted by molar-refractivity contribution is 9.11. The van der Waals surface area contributed by atoms with E-state index in [9.17, 15) is 0 Å². The van der Waals surface area contributed by atoms with Crippen molar-refractivity contribution in [2.45, 2.75) is 55.4 Å². The minimum Gasteiger partial charge on any atom is -0.0500 e. The Kier molecular flexibility index (Phi) is 4.67. The van der Waals surface area contributed by atoms with E-state index in [2.05, 4.69) is 99.4 Å². The molecule has 0 amide bonds. The normalized spacial score (nSPS) is 11.9. The quantitative estimate of drug-likeness (QED) is 0.212. The number of halogens is 2. The van der Waals surface area contributed by atoms with Gasteiger partial charge in [-0.2, -0.15) is 0 Å². The molecule has 0 heterocycles. The molecule has 4 aromatic carbocycles. The molecule has 0 N–H and O–H groups in total. The molecule has 2 heteroatoms. The topological polar surface area (TPSA) is 0 Å². The molecule has 4 aromatic rings. The zero-order valence-corrected chi connectivity index (χ0v) is 21.1.